The maximum absolute atomic E-state index is 13.1. The SMILES string of the molecule is COC(=O)c1ccccc1NS(=O)(=O)c1cc(N2CCCCS2(=O)=O)ccc1C. The molecule has 1 N–H and O–H groups in total. The number of sulfonamides is 2. The van der Waals surface area contributed by atoms with Crippen molar-refractivity contribution in [3.05, 3.63) is 53.6 Å². The van der Waals surface area contributed by atoms with Crippen LogP contribution < -0.4 is 9.03 Å². The molecule has 0 aromatic heterocycles. The van der Waals surface area contributed by atoms with Gasteiger partial charge in [0.15, 0.2) is 0 Å². The molecule has 1 aliphatic heterocycles. The Hall–Kier alpha value is -2.59. The van der Waals surface area contributed by atoms with Crippen molar-refractivity contribution in [2.45, 2.75) is 24.7 Å². The van der Waals surface area contributed by atoms with Crippen molar-refractivity contribution in [3.8, 4) is 0 Å². The third kappa shape index (κ3) is 4.38. The summed E-state index contributed by atoms with van der Waals surface area (Å²) in [6.07, 6.45) is 1.29. The predicted octanol–water partition coefficient (Wildman–Crippen LogP) is 2.51. The molecule has 0 atom stereocenters. The zero-order valence-corrected chi connectivity index (χ0v) is 17.7. The molecule has 1 aliphatic rings. The van der Waals surface area contributed by atoms with Gasteiger partial charge in [-0.3, -0.25) is 9.03 Å². The third-order valence-electron chi connectivity index (χ3n) is 4.68. The van der Waals surface area contributed by atoms with Gasteiger partial charge in [-0.1, -0.05) is 18.2 Å². The van der Waals surface area contributed by atoms with Gasteiger partial charge in [0, 0.05) is 6.54 Å². The molecule has 0 aliphatic carbocycles. The van der Waals surface area contributed by atoms with E-state index >= 15 is 0 Å². The van der Waals surface area contributed by atoms with Crippen LogP contribution >= 0.6 is 0 Å². The van der Waals surface area contributed by atoms with Gasteiger partial charge in [0.2, 0.25) is 10.0 Å². The van der Waals surface area contributed by atoms with Crippen LogP contribution in [0.5, 0.6) is 0 Å². The molecule has 1 fully saturated rings. The van der Waals surface area contributed by atoms with Gasteiger partial charge >= 0.3 is 5.97 Å². The highest BCUT2D eigenvalue weighted by atomic mass is 32.2. The number of ether oxygens (including phenoxy) is 1. The number of benzene rings is 2. The van der Waals surface area contributed by atoms with E-state index in [4.69, 9.17) is 4.74 Å². The summed E-state index contributed by atoms with van der Waals surface area (Å²) < 4.78 is 59.2. The van der Waals surface area contributed by atoms with Crippen LogP contribution in [0.3, 0.4) is 0 Å². The molecule has 29 heavy (non-hydrogen) atoms. The monoisotopic (exact) mass is 438 g/mol. The third-order valence-corrected chi connectivity index (χ3v) is 8.05. The van der Waals surface area contributed by atoms with Crippen LogP contribution in [0.15, 0.2) is 47.4 Å². The van der Waals surface area contributed by atoms with Crippen LogP contribution in [-0.2, 0) is 24.8 Å². The lowest BCUT2D eigenvalue weighted by Crippen LogP contribution is -2.38. The molecule has 0 unspecified atom stereocenters. The Morgan fingerprint density at radius 2 is 1.86 bits per heavy atom. The van der Waals surface area contributed by atoms with Crippen LogP contribution in [0.1, 0.15) is 28.8 Å². The molecule has 10 heteroatoms. The topological polar surface area (TPSA) is 110 Å². The molecule has 8 nitrogen and oxygen atoms in total. The molecule has 2 aromatic rings. The van der Waals surface area contributed by atoms with Crippen LogP contribution in [0.2, 0.25) is 0 Å². The first-order valence-electron chi connectivity index (χ1n) is 8.97. The first-order chi connectivity index (χ1) is 13.7. The fraction of sp³-hybridized carbons (Fsp3) is 0.316. The summed E-state index contributed by atoms with van der Waals surface area (Å²) in [5, 5.41) is 0. The van der Waals surface area contributed by atoms with Crippen molar-refractivity contribution in [1.82, 2.24) is 0 Å². The van der Waals surface area contributed by atoms with Crippen molar-refractivity contribution in [1.29, 1.82) is 0 Å². The second-order valence-electron chi connectivity index (χ2n) is 6.69. The molecule has 0 amide bonds. The number of hydrogen-bond acceptors (Lipinski definition) is 6. The van der Waals surface area contributed by atoms with Crippen molar-refractivity contribution >= 4 is 37.4 Å². The number of carbonyl (C=O) groups excluding carboxylic acids is 1. The number of hydrogen-bond donors (Lipinski definition) is 1. The molecule has 156 valence electrons. The Morgan fingerprint density at radius 1 is 1.14 bits per heavy atom. The highest BCUT2D eigenvalue weighted by Crippen LogP contribution is 2.29. The lowest BCUT2D eigenvalue weighted by molar-refractivity contribution is 0.0602. The number of methoxy groups -OCH3 is 1. The van der Waals surface area contributed by atoms with Crippen LogP contribution in [0.4, 0.5) is 11.4 Å². The molecule has 3 rings (SSSR count). The summed E-state index contributed by atoms with van der Waals surface area (Å²) >= 11 is 0. The van der Waals surface area contributed by atoms with Gasteiger partial charge in [-0.05, 0) is 49.6 Å². The van der Waals surface area contributed by atoms with Gasteiger partial charge < -0.3 is 4.74 Å². The van der Waals surface area contributed by atoms with Crippen molar-refractivity contribution in [3.63, 3.8) is 0 Å². The maximum atomic E-state index is 13.1. The molecule has 2 aromatic carbocycles. The Balaban J connectivity index is 2.01. The van der Waals surface area contributed by atoms with Crippen LogP contribution in [0.25, 0.3) is 0 Å². The number of rotatable bonds is 5. The largest absolute Gasteiger partial charge is 0.465 e. The van der Waals surface area contributed by atoms with Gasteiger partial charge in [-0.2, -0.15) is 0 Å². The van der Waals surface area contributed by atoms with E-state index in [0.717, 1.165) is 0 Å². The minimum Gasteiger partial charge on any atom is -0.465 e. The van der Waals surface area contributed by atoms with Crippen molar-refractivity contribution < 1.29 is 26.4 Å². The number of nitrogens with one attached hydrogen (secondary N) is 1. The normalized spacial score (nSPS) is 16.3. The molecule has 0 spiro atoms. The van der Waals surface area contributed by atoms with Crippen LogP contribution in [-0.4, -0.2) is 42.2 Å². The number of nitrogens with zero attached hydrogens (tertiary/aromatic N) is 1. The fourth-order valence-corrected chi connectivity index (χ4v) is 6.15. The van der Waals surface area contributed by atoms with E-state index in [2.05, 4.69) is 4.72 Å². The number of para-hydroxylation sites is 1. The number of carbonyl (C=O) groups is 1. The summed E-state index contributed by atoms with van der Waals surface area (Å²) in [5.74, 6) is -0.638. The molecular weight excluding hydrogens is 416 g/mol. The second kappa shape index (κ2) is 8.03. The van der Waals surface area contributed by atoms with E-state index in [-0.39, 0.29) is 21.9 Å². The number of aryl methyl sites for hydroxylation is 1. The van der Waals surface area contributed by atoms with Gasteiger partial charge in [0.1, 0.15) is 0 Å². The summed E-state index contributed by atoms with van der Waals surface area (Å²) in [6.45, 7) is 1.93. The average Bonchev–Trinajstić information content (AvgIpc) is 2.67. The van der Waals surface area contributed by atoms with Gasteiger partial charge in [-0.25, -0.2) is 21.6 Å². The summed E-state index contributed by atoms with van der Waals surface area (Å²) in [4.78, 5) is 11.9. The van der Waals surface area contributed by atoms with E-state index in [1.165, 1.54) is 29.6 Å². The Labute approximate surface area is 170 Å². The Bertz CT molecular complexity index is 1140. The zero-order chi connectivity index (χ0) is 21.2. The predicted molar refractivity (Wildman–Crippen MR) is 110 cm³/mol. The van der Waals surface area contributed by atoms with E-state index in [1.54, 1.807) is 31.2 Å². The van der Waals surface area contributed by atoms with E-state index in [1.807, 2.05) is 0 Å². The molecular formula is C19H22N2O6S2. The Morgan fingerprint density at radius 3 is 2.55 bits per heavy atom. The maximum Gasteiger partial charge on any atom is 0.339 e. The molecule has 1 heterocycles. The van der Waals surface area contributed by atoms with Crippen LogP contribution in [0, 0.1) is 6.92 Å². The summed E-state index contributed by atoms with van der Waals surface area (Å²) in [5.41, 5.74) is 0.906. The molecule has 1 saturated heterocycles. The minimum atomic E-state index is -4.09. The summed E-state index contributed by atoms with van der Waals surface area (Å²) in [7, 11) is -6.35. The van der Waals surface area contributed by atoms with Gasteiger partial charge in [0.25, 0.3) is 10.0 Å². The van der Waals surface area contributed by atoms with E-state index in [9.17, 15) is 21.6 Å². The Kier molecular flexibility index (Phi) is 5.85. The molecule has 0 saturated carbocycles. The smallest absolute Gasteiger partial charge is 0.339 e. The summed E-state index contributed by atoms with van der Waals surface area (Å²) in [6, 6.07) is 10.6. The first kappa shape index (κ1) is 21.1. The lowest BCUT2D eigenvalue weighted by Gasteiger charge is -2.28. The highest BCUT2D eigenvalue weighted by Gasteiger charge is 2.28. The molecule has 0 bridgehead atoms. The second-order valence-corrected chi connectivity index (χ2v) is 10.4. The lowest BCUT2D eigenvalue weighted by atomic mass is 10.2. The first-order valence-corrected chi connectivity index (χ1v) is 12.1. The van der Waals surface area contributed by atoms with E-state index < -0.39 is 26.0 Å². The van der Waals surface area contributed by atoms with Gasteiger partial charge in [-0.15, -0.1) is 0 Å². The van der Waals surface area contributed by atoms with Crippen molar-refractivity contribution in [2.75, 3.05) is 28.4 Å². The van der Waals surface area contributed by atoms with Crippen molar-refractivity contribution in [2.24, 2.45) is 0 Å². The highest BCUT2D eigenvalue weighted by molar-refractivity contribution is 7.93. The fourth-order valence-electron chi connectivity index (χ4n) is 3.17. The van der Waals surface area contributed by atoms with Gasteiger partial charge in [0.05, 0.1) is 34.7 Å². The zero-order valence-electron chi connectivity index (χ0n) is 16.1. The standard InChI is InChI=1S/C19H22N2O6S2/c1-14-9-10-15(21-11-5-6-12-28(21,23)24)13-18(14)29(25,26)20-17-8-4-3-7-16(17)19(22)27-2/h3-4,7-10,13,20H,5-6,11-12H2,1-2H3. The average molecular weight is 439 g/mol. The number of esters is 1. The minimum absolute atomic E-state index is 0.0354. The number of anilines is 2. The quantitative estimate of drug-likeness (QED) is 0.719. The van der Waals surface area contributed by atoms with E-state index in [0.29, 0.717) is 30.6 Å². The molecule has 0 radical (unpaired) electrons.